The van der Waals surface area contributed by atoms with E-state index >= 15 is 0 Å². The minimum absolute atomic E-state index is 0.0308. The monoisotopic (exact) mass is 295 g/mol. The Morgan fingerprint density at radius 3 is 2.35 bits per heavy atom. The molecular formula is C16H16ClF2N. The smallest absolute Gasteiger partial charge is 0.131 e. The van der Waals surface area contributed by atoms with E-state index in [0.717, 1.165) is 12.0 Å². The van der Waals surface area contributed by atoms with Crippen LogP contribution >= 0.6 is 11.6 Å². The van der Waals surface area contributed by atoms with Gasteiger partial charge in [-0.2, -0.15) is 0 Å². The van der Waals surface area contributed by atoms with Crippen molar-refractivity contribution in [2.45, 2.75) is 19.4 Å². The highest BCUT2D eigenvalue weighted by atomic mass is 35.5. The summed E-state index contributed by atoms with van der Waals surface area (Å²) in [6, 6.07) is 10.4. The number of nitrogens with one attached hydrogen (secondary N) is 1. The minimum atomic E-state index is -0.557. The molecule has 0 aromatic heterocycles. The lowest BCUT2D eigenvalue weighted by Crippen LogP contribution is -2.25. The lowest BCUT2D eigenvalue weighted by Gasteiger charge is -2.21. The maximum Gasteiger partial charge on any atom is 0.131 e. The molecule has 0 radical (unpaired) electrons. The quantitative estimate of drug-likeness (QED) is 0.842. The molecule has 2 rings (SSSR count). The average molecular weight is 296 g/mol. The van der Waals surface area contributed by atoms with Gasteiger partial charge >= 0.3 is 0 Å². The summed E-state index contributed by atoms with van der Waals surface area (Å²) in [5, 5.41) is 3.72. The first-order valence-corrected chi connectivity index (χ1v) is 6.94. The van der Waals surface area contributed by atoms with Gasteiger partial charge in [0.15, 0.2) is 0 Å². The third-order valence-corrected chi connectivity index (χ3v) is 3.30. The minimum Gasteiger partial charge on any atom is -0.306 e. The fraction of sp³-hybridized carbons (Fsp3) is 0.250. The fourth-order valence-electron chi connectivity index (χ4n) is 2.15. The molecule has 2 aromatic rings. The molecule has 0 fully saturated rings. The van der Waals surface area contributed by atoms with E-state index in [2.05, 4.69) is 5.32 Å². The van der Waals surface area contributed by atoms with Gasteiger partial charge in [-0.3, -0.25) is 0 Å². The normalized spacial score (nSPS) is 12.4. The Bertz CT molecular complexity index is 566. The van der Waals surface area contributed by atoms with Crippen LogP contribution in [0.1, 0.15) is 30.5 Å². The van der Waals surface area contributed by atoms with Crippen LogP contribution in [0.25, 0.3) is 0 Å². The van der Waals surface area contributed by atoms with Gasteiger partial charge in [0, 0.05) is 10.6 Å². The maximum absolute atomic E-state index is 14.0. The highest BCUT2D eigenvalue weighted by Crippen LogP contribution is 2.28. The van der Waals surface area contributed by atoms with Crippen LogP contribution in [0.4, 0.5) is 8.78 Å². The Morgan fingerprint density at radius 1 is 1.10 bits per heavy atom. The molecule has 0 aliphatic heterocycles. The molecule has 1 nitrogen and oxygen atoms in total. The lowest BCUT2D eigenvalue weighted by atomic mass is 9.97. The first-order valence-electron chi connectivity index (χ1n) is 6.56. The SMILES string of the molecule is CCCNC(c1cccc(Cl)c1)c1c(F)cccc1F. The van der Waals surface area contributed by atoms with Gasteiger partial charge in [0.25, 0.3) is 0 Å². The predicted molar refractivity (Wildman–Crippen MR) is 77.9 cm³/mol. The van der Waals surface area contributed by atoms with E-state index in [1.54, 1.807) is 18.2 Å². The zero-order chi connectivity index (χ0) is 14.5. The summed E-state index contributed by atoms with van der Waals surface area (Å²) in [7, 11) is 0. The molecule has 0 amide bonds. The van der Waals surface area contributed by atoms with Gasteiger partial charge in [0.2, 0.25) is 0 Å². The first kappa shape index (κ1) is 14.9. The zero-order valence-electron chi connectivity index (χ0n) is 11.2. The Balaban J connectivity index is 2.47. The molecule has 1 N–H and O–H groups in total. The van der Waals surface area contributed by atoms with Crippen LogP contribution in [0.5, 0.6) is 0 Å². The zero-order valence-corrected chi connectivity index (χ0v) is 11.9. The highest BCUT2D eigenvalue weighted by molar-refractivity contribution is 6.30. The van der Waals surface area contributed by atoms with Crippen LogP contribution in [0, 0.1) is 11.6 Å². The molecule has 2 aromatic carbocycles. The summed E-state index contributed by atoms with van der Waals surface area (Å²) in [4.78, 5) is 0. The van der Waals surface area contributed by atoms with Crippen LogP contribution in [-0.2, 0) is 0 Å². The molecular weight excluding hydrogens is 280 g/mol. The Kier molecular flexibility index (Phi) is 5.10. The second-order valence-electron chi connectivity index (χ2n) is 4.58. The van der Waals surface area contributed by atoms with E-state index in [1.165, 1.54) is 18.2 Å². The number of benzene rings is 2. The van der Waals surface area contributed by atoms with E-state index in [4.69, 9.17) is 11.6 Å². The number of rotatable bonds is 5. The molecule has 106 valence electrons. The van der Waals surface area contributed by atoms with Gasteiger partial charge in [-0.1, -0.05) is 36.7 Å². The maximum atomic E-state index is 14.0. The highest BCUT2D eigenvalue weighted by Gasteiger charge is 2.21. The molecule has 0 aliphatic carbocycles. The van der Waals surface area contributed by atoms with Crippen LogP contribution in [-0.4, -0.2) is 6.54 Å². The molecule has 0 saturated heterocycles. The van der Waals surface area contributed by atoms with Crippen molar-refractivity contribution in [2.75, 3.05) is 6.54 Å². The molecule has 0 heterocycles. The third kappa shape index (κ3) is 3.35. The fourth-order valence-corrected chi connectivity index (χ4v) is 2.35. The number of hydrogen-bond acceptors (Lipinski definition) is 1. The van der Waals surface area contributed by atoms with Crippen molar-refractivity contribution in [1.82, 2.24) is 5.32 Å². The van der Waals surface area contributed by atoms with E-state index in [-0.39, 0.29) is 5.56 Å². The Morgan fingerprint density at radius 2 is 1.75 bits per heavy atom. The van der Waals surface area contributed by atoms with Crippen molar-refractivity contribution in [3.63, 3.8) is 0 Å². The van der Waals surface area contributed by atoms with Gasteiger partial charge in [0.1, 0.15) is 11.6 Å². The van der Waals surface area contributed by atoms with Crippen molar-refractivity contribution in [2.24, 2.45) is 0 Å². The molecule has 0 saturated carbocycles. The summed E-state index contributed by atoms with van der Waals surface area (Å²) in [5.74, 6) is -1.11. The second-order valence-corrected chi connectivity index (χ2v) is 5.01. The third-order valence-electron chi connectivity index (χ3n) is 3.07. The topological polar surface area (TPSA) is 12.0 Å². The summed E-state index contributed by atoms with van der Waals surface area (Å²) >= 11 is 5.97. The van der Waals surface area contributed by atoms with Gasteiger partial charge in [-0.05, 0) is 42.8 Å². The van der Waals surface area contributed by atoms with Crippen molar-refractivity contribution in [3.8, 4) is 0 Å². The molecule has 1 unspecified atom stereocenters. The molecule has 4 heteroatoms. The largest absolute Gasteiger partial charge is 0.306 e. The first-order chi connectivity index (χ1) is 9.63. The summed E-state index contributed by atoms with van der Waals surface area (Å²) in [5.41, 5.74) is 0.776. The molecule has 0 bridgehead atoms. The second kappa shape index (κ2) is 6.82. The van der Waals surface area contributed by atoms with E-state index < -0.39 is 17.7 Å². The van der Waals surface area contributed by atoms with E-state index in [0.29, 0.717) is 11.6 Å². The Labute approximate surface area is 122 Å². The van der Waals surface area contributed by atoms with Crippen molar-refractivity contribution in [1.29, 1.82) is 0 Å². The van der Waals surface area contributed by atoms with Gasteiger partial charge in [-0.15, -0.1) is 0 Å². The predicted octanol–water partition coefficient (Wildman–Crippen LogP) is 4.71. The van der Waals surface area contributed by atoms with Crippen LogP contribution in [0.15, 0.2) is 42.5 Å². The van der Waals surface area contributed by atoms with Gasteiger partial charge in [0.05, 0.1) is 6.04 Å². The Hall–Kier alpha value is -1.45. The van der Waals surface area contributed by atoms with Crippen molar-refractivity contribution >= 4 is 11.6 Å². The van der Waals surface area contributed by atoms with E-state index in [9.17, 15) is 8.78 Å². The molecule has 20 heavy (non-hydrogen) atoms. The van der Waals surface area contributed by atoms with Crippen LogP contribution in [0.3, 0.4) is 0 Å². The van der Waals surface area contributed by atoms with Crippen molar-refractivity contribution < 1.29 is 8.78 Å². The van der Waals surface area contributed by atoms with E-state index in [1.807, 2.05) is 13.0 Å². The summed E-state index contributed by atoms with van der Waals surface area (Å²) in [6.45, 7) is 2.66. The van der Waals surface area contributed by atoms with Gasteiger partial charge < -0.3 is 5.32 Å². The van der Waals surface area contributed by atoms with Gasteiger partial charge in [-0.25, -0.2) is 8.78 Å². The lowest BCUT2D eigenvalue weighted by molar-refractivity contribution is 0.503. The molecule has 1 atom stereocenters. The van der Waals surface area contributed by atoms with Crippen molar-refractivity contribution in [3.05, 3.63) is 70.2 Å². The number of halogens is 3. The van der Waals surface area contributed by atoms with Crippen LogP contribution in [0.2, 0.25) is 5.02 Å². The summed E-state index contributed by atoms with van der Waals surface area (Å²) < 4.78 is 28.0. The molecule has 0 aliphatic rings. The standard InChI is InChI=1S/C16H16ClF2N/c1-2-9-20-16(11-5-3-6-12(17)10-11)15-13(18)7-4-8-14(15)19/h3-8,10,16,20H,2,9H2,1H3. The number of hydrogen-bond donors (Lipinski definition) is 1. The summed E-state index contributed by atoms with van der Waals surface area (Å²) in [6.07, 6.45) is 0.868. The molecule has 0 spiro atoms. The van der Waals surface area contributed by atoms with Crippen LogP contribution < -0.4 is 5.32 Å². The average Bonchev–Trinajstić information content (AvgIpc) is 2.42.